The number of benzene rings is 2. The van der Waals surface area contributed by atoms with Crippen LogP contribution in [0.25, 0.3) is 0 Å². The van der Waals surface area contributed by atoms with Crippen molar-refractivity contribution >= 4 is 27.3 Å². The number of aromatic nitrogens is 2. The Labute approximate surface area is 231 Å². The maximum absolute atomic E-state index is 14.9. The predicted molar refractivity (Wildman–Crippen MR) is 127 cm³/mol. The molecule has 1 aliphatic heterocycles. The van der Waals surface area contributed by atoms with Crippen LogP contribution in [0.3, 0.4) is 0 Å². The predicted octanol–water partition coefficient (Wildman–Crippen LogP) is 4.84. The molecule has 2 heterocycles. The zero-order chi connectivity index (χ0) is 30.2. The number of fused-ring (bicyclic) bond motifs is 3. The van der Waals surface area contributed by atoms with Crippen LogP contribution in [-0.2, 0) is 26.7 Å². The molecule has 1 aromatic heterocycles. The number of rotatable bonds is 4. The molecular weight excluding hydrogens is 611 g/mol. The second kappa shape index (κ2) is 9.31. The largest absolute Gasteiger partial charge is 0.439 e. The van der Waals surface area contributed by atoms with E-state index in [9.17, 15) is 48.7 Å². The quantitative estimate of drug-likeness (QED) is 0.415. The van der Waals surface area contributed by atoms with Crippen LogP contribution in [0.2, 0.25) is 5.02 Å². The molecule has 1 N–H and O–H groups in total. The van der Waals surface area contributed by atoms with Crippen LogP contribution in [0.5, 0.6) is 0 Å². The third-order valence-corrected chi connectivity index (χ3v) is 10.4. The van der Waals surface area contributed by atoms with E-state index in [4.69, 9.17) is 11.6 Å². The number of nitrogens with zero attached hydrogens (tertiary/aromatic N) is 2. The lowest BCUT2D eigenvalue weighted by Crippen LogP contribution is -2.53. The van der Waals surface area contributed by atoms with Gasteiger partial charge in [0, 0.05) is 17.1 Å². The molecule has 1 amide bonds. The normalized spacial score (nSPS) is 21.5. The first-order chi connectivity index (χ1) is 18.9. The van der Waals surface area contributed by atoms with Gasteiger partial charge in [-0.2, -0.15) is 26.3 Å². The Morgan fingerprint density at radius 3 is 2.24 bits per heavy atom. The number of aromatic amines is 1. The average molecular weight is 628 g/mol. The minimum atomic E-state index is -6.37. The summed E-state index contributed by atoms with van der Waals surface area (Å²) in [5.74, 6) is -2.50. The lowest BCUT2D eigenvalue weighted by Gasteiger charge is -2.43. The van der Waals surface area contributed by atoms with E-state index in [1.54, 1.807) is 0 Å². The van der Waals surface area contributed by atoms with E-state index in [2.05, 4.69) is 14.7 Å². The Morgan fingerprint density at radius 2 is 1.68 bits per heavy atom. The van der Waals surface area contributed by atoms with Crippen molar-refractivity contribution in [2.45, 2.75) is 53.0 Å². The topological polar surface area (TPSA) is 113 Å². The number of likely N-dealkylation sites (tertiary alicyclic amines) is 1. The highest BCUT2D eigenvalue weighted by atomic mass is 35.5. The van der Waals surface area contributed by atoms with Crippen LogP contribution in [0.4, 0.5) is 30.7 Å². The van der Waals surface area contributed by atoms with Gasteiger partial charge in [-0.15, -0.1) is 0 Å². The van der Waals surface area contributed by atoms with Crippen molar-refractivity contribution in [2.24, 2.45) is 0 Å². The third-order valence-electron chi connectivity index (χ3n) is 7.57. The highest BCUT2D eigenvalue weighted by Crippen LogP contribution is 2.56. The van der Waals surface area contributed by atoms with E-state index in [0.717, 1.165) is 11.0 Å². The van der Waals surface area contributed by atoms with Crippen molar-refractivity contribution in [2.75, 3.05) is 6.54 Å². The summed E-state index contributed by atoms with van der Waals surface area (Å²) in [6.45, 7) is -0.245. The second-order valence-corrected chi connectivity index (χ2v) is 12.3. The van der Waals surface area contributed by atoms with Gasteiger partial charge in [0.25, 0.3) is 5.91 Å². The number of alkyl halides is 7. The van der Waals surface area contributed by atoms with Crippen LogP contribution >= 0.6 is 11.6 Å². The fourth-order valence-corrected chi connectivity index (χ4v) is 8.25. The molecule has 1 aliphatic carbocycles. The third kappa shape index (κ3) is 4.16. The minimum Gasteiger partial charge on any atom is -0.331 e. The summed E-state index contributed by atoms with van der Waals surface area (Å²) in [6, 6.07) is 5.07. The first kappa shape index (κ1) is 29.1. The van der Waals surface area contributed by atoms with E-state index in [1.807, 2.05) is 0 Å². The SMILES string of the molecule is O=C(c1noc(=O)[nH]1)N1CCC2(S(=O)(=O)c3ccc(Cl)cc3)c3ccc(C(F)(C(F)(F)F)C(F)(F)F)cc3CCC12. The number of H-pyrrole nitrogens is 1. The molecule has 0 bridgehead atoms. The molecule has 41 heavy (non-hydrogen) atoms. The zero-order valence-corrected chi connectivity index (χ0v) is 21.9. The van der Waals surface area contributed by atoms with E-state index in [1.165, 1.54) is 24.3 Å². The summed E-state index contributed by atoms with van der Waals surface area (Å²) in [5, 5.41) is 3.51. The van der Waals surface area contributed by atoms with Gasteiger partial charge in [0.2, 0.25) is 5.82 Å². The van der Waals surface area contributed by atoms with Crippen molar-refractivity contribution in [3.63, 3.8) is 0 Å². The minimum absolute atomic E-state index is 0.178. The molecule has 0 spiro atoms. The van der Waals surface area contributed by atoms with Gasteiger partial charge in [-0.25, -0.2) is 17.6 Å². The molecule has 2 atom stereocenters. The van der Waals surface area contributed by atoms with Crippen molar-refractivity contribution in [3.05, 3.63) is 80.6 Å². The standard InChI is InChI=1S/C24H17ClF7N3O5S/c25-14-3-5-15(6-4-14)41(38,39)21-9-10-35(19(36)18-33-20(37)40-34-18)17(21)8-1-12-11-13(2-7-16(12)21)22(26,23(27,28)29)24(30,31)32/h2-7,11,17H,1,8-10H2,(H,33,34,37). The molecule has 0 radical (unpaired) electrons. The first-order valence-corrected chi connectivity index (χ1v) is 13.6. The molecule has 2 aliphatic rings. The molecule has 8 nitrogen and oxygen atoms in total. The summed E-state index contributed by atoms with van der Waals surface area (Å²) in [7, 11) is -4.55. The molecule has 2 unspecified atom stereocenters. The molecule has 1 fully saturated rings. The van der Waals surface area contributed by atoms with Gasteiger partial charge in [0.15, 0.2) is 9.84 Å². The Hall–Kier alpha value is -3.40. The molecule has 5 rings (SSSR count). The van der Waals surface area contributed by atoms with Gasteiger partial charge in [0.1, 0.15) is 4.75 Å². The van der Waals surface area contributed by atoms with Crippen LogP contribution in [0.1, 0.15) is 40.2 Å². The summed E-state index contributed by atoms with van der Waals surface area (Å²) in [5.41, 5.74) is -7.90. The molecule has 0 saturated carbocycles. The van der Waals surface area contributed by atoms with Gasteiger partial charge in [0.05, 0.1) is 10.9 Å². The lowest BCUT2D eigenvalue weighted by molar-refractivity contribution is -0.348. The summed E-state index contributed by atoms with van der Waals surface area (Å²) in [6.07, 6.45) is -13.6. The first-order valence-electron chi connectivity index (χ1n) is 11.8. The van der Waals surface area contributed by atoms with Gasteiger partial charge in [-0.05, 0) is 59.8 Å². The van der Waals surface area contributed by atoms with Crippen LogP contribution < -0.4 is 5.76 Å². The number of sulfone groups is 1. The lowest BCUT2D eigenvalue weighted by atomic mass is 9.76. The number of hydrogen-bond donors (Lipinski definition) is 1. The maximum atomic E-state index is 14.9. The van der Waals surface area contributed by atoms with Gasteiger partial charge < -0.3 is 4.90 Å². The van der Waals surface area contributed by atoms with E-state index < -0.39 is 61.7 Å². The molecule has 220 valence electrons. The van der Waals surface area contributed by atoms with Crippen molar-refractivity contribution < 1.29 is 48.5 Å². The van der Waals surface area contributed by atoms with E-state index in [-0.39, 0.29) is 52.9 Å². The molecule has 2 aromatic carbocycles. The van der Waals surface area contributed by atoms with Gasteiger partial charge in [-0.3, -0.25) is 14.3 Å². The maximum Gasteiger partial charge on any atom is 0.439 e. The number of nitrogens with one attached hydrogen (secondary N) is 1. The van der Waals surface area contributed by atoms with Crippen molar-refractivity contribution in [1.29, 1.82) is 0 Å². The number of aryl methyl sites for hydroxylation is 1. The van der Waals surface area contributed by atoms with Crippen LogP contribution in [0.15, 0.2) is 56.7 Å². The number of carbonyl (C=O) groups is 1. The number of amides is 1. The molecular formula is C24H17ClF7N3O5S. The smallest absolute Gasteiger partial charge is 0.331 e. The van der Waals surface area contributed by atoms with E-state index in [0.29, 0.717) is 6.07 Å². The highest BCUT2D eigenvalue weighted by molar-refractivity contribution is 7.92. The average Bonchev–Trinajstić information content (AvgIpc) is 3.51. The Kier molecular flexibility index (Phi) is 6.61. The highest BCUT2D eigenvalue weighted by Gasteiger charge is 2.73. The summed E-state index contributed by atoms with van der Waals surface area (Å²) in [4.78, 5) is 27.5. The van der Waals surface area contributed by atoms with Crippen molar-refractivity contribution in [3.8, 4) is 0 Å². The molecule has 17 heteroatoms. The Bertz CT molecular complexity index is 1670. The number of carbonyl (C=O) groups excluding carboxylic acids is 1. The second-order valence-electron chi connectivity index (χ2n) is 9.62. The Balaban J connectivity index is 1.71. The monoisotopic (exact) mass is 627 g/mol. The summed E-state index contributed by atoms with van der Waals surface area (Å²) >= 11 is 5.89. The fourth-order valence-electron chi connectivity index (χ4n) is 5.76. The summed E-state index contributed by atoms with van der Waals surface area (Å²) < 4.78 is 127. The molecule has 1 saturated heterocycles. The number of hydrogen-bond acceptors (Lipinski definition) is 6. The van der Waals surface area contributed by atoms with Crippen LogP contribution in [0, 0.1) is 0 Å². The number of halogens is 8. The van der Waals surface area contributed by atoms with Gasteiger partial charge >= 0.3 is 23.8 Å². The Morgan fingerprint density at radius 1 is 1.05 bits per heavy atom. The zero-order valence-electron chi connectivity index (χ0n) is 20.3. The molecule has 3 aromatic rings. The fraction of sp³-hybridized carbons (Fsp3) is 0.375. The van der Waals surface area contributed by atoms with Crippen LogP contribution in [-0.4, -0.2) is 54.3 Å². The van der Waals surface area contributed by atoms with Crippen molar-refractivity contribution in [1.82, 2.24) is 15.0 Å². The van der Waals surface area contributed by atoms with E-state index >= 15 is 0 Å². The van der Waals surface area contributed by atoms with Gasteiger partial charge in [-0.1, -0.05) is 29.8 Å².